The molecule has 1 aliphatic carbocycles. The zero-order valence-electron chi connectivity index (χ0n) is 7.99. The van der Waals surface area contributed by atoms with Crippen LogP contribution in [0.15, 0.2) is 11.6 Å². The second-order valence-corrected chi connectivity index (χ2v) is 4.58. The molecule has 1 unspecified atom stereocenters. The molecule has 3 heteroatoms. The van der Waals surface area contributed by atoms with Crippen LogP contribution >= 0.6 is 11.3 Å². The highest BCUT2D eigenvalue weighted by Crippen LogP contribution is 2.32. The van der Waals surface area contributed by atoms with Crippen LogP contribution in [-0.4, -0.2) is 11.0 Å². The molecule has 72 valence electrons. The molecular formula is C10H16N2S. The topological polar surface area (TPSA) is 24.9 Å². The van der Waals surface area contributed by atoms with Crippen molar-refractivity contribution in [2.45, 2.75) is 38.6 Å². The highest BCUT2D eigenvalue weighted by Gasteiger charge is 2.26. The molecule has 1 heterocycles. The van der Waals surface area contributed by atoms with Gasteiger partial charge in [-0.2, -0.15) is 0 Å². The maximum absolute atomic E-state index is 4.25. The summed E-state index contributed by atoms with van der Waals surface area (Å²) in [6.07, 6.45) is 7.29. The molecule has 1 saturated carbocycles. The minimum absolute atomic E-state index is 0.653. The standard InChI is InChI=1S/C10H16N2S/c1-2-9(8-4-3-5-8)12-10-11-6-7-13-10/h6-9H,2-5H2,1H3,(H,11,12). The molecule has 1 atom stereocenters. The Morgan fingerprint density at radius 3 is 3.00 bits per heavy atom. The molecule has 0 radical (unpaired) electrons. The summed E-state index contributed by atoms with van der Waals surface area (Å²) in [4.78, 5) is 4.25. The molecule has 1 aromatic rings. The maximum atomic E-state index is 4.25. The van der Waals surface area contributed by atoms with Crippen molar-refractivity contribution < 1.29 is 0 Å². The first kappa shape index (κ1) is 9.00. The van der Waals surface area contributed by atoms with E-state index in [4.69, 9.17) is 0 Å². The predicted octanol–water partition coefficient (Wildman–Crippen LogP) is 3.13. The van der Waals surface area contributed by atoms with Crippen LogP contribution in [0.4, 0.5) is 5.13 Å². The first-order valence-corrected chi connectivity index (χ1v) is 5.94. The van der Waals surface area contributed by atoms with Gasteiger partial charge in [-0.1, -0.05) is 13.3 Å². The Hall–Kier alpha value is -0.570. The number of aromatic nitrogens is 1. The minimum atomic E-state index is 0.653. The Morgan fingerprint density at radius 2 is 2.54 bits per heavy atom. The lowest BCUT2D eigenvalue weighted by molar-refractivity contribution is 0.270. The van der Waals surface area contributed by atoms with Crippen molar-refractivity contribution in [3.63, 3.8) is 0 Å². The fraction of sp³-hybridized carbons (Fsp3) is 0.700. The summed E-state index contributed by atoms with van der Waals surface area (Å²) < 4.78 is 0. The van der Waals surface area contributed by atoms with Gasteiger partial charge in [0.25, 0.3) is 0 Å². The second-order valence-electron chi connectivity index (χ2n) is 3.69. The summed E-state index contributed by atoms with van der Waals surface area (Å²) in [6.45, 7) is 2.25. The lowest BCUT2D eigenvalue weighted by Gasteiger charge is -2.33. The van der Waals surface area contributed by atoms with Gasteiger partial charge in [0, 0.05) is 17.6 Å². The summed E-state index contributed by atoms with van der Waals surface area (Å²) in [6, 6.07) is 0.653. The molecule has 13 heavy (non-hydrogen) atoms. The zero-order chi connectivity index (χ0) is 9.10. The highest BCUT2D eigenvalue weighted by atomic mass is 32.1. The van der Waals surface area contributed by atoms with Crippen LogP contribution in [0.1, 0.15) is 32.6 Å². The van der Waals surface area contributed by atoms with Gasteiger partial charge < -0.3 is 5.32 Å². The average molecular weight is 196 g/mol. The van der Waals surface area contributed by atoms with Crippen molar-refractivity contribution in [2.75, 3.05) is 5.32 Å². The fourth-order valence-corrected chi connectivity index (χ4v) is 2.44. The van der Waals surface area contributed by atoms with Crippen LogP contribution in [0.3, 0.4) is 0 Å². The fourth-order valence-electron chi connectivity index (χ4n) is 1.85. The summed E-state index contributed by atoms with van der Waals surface area (Å²) >= 11 is 1.70. The Labute approximate surface area is 83.4 Å². The average Bonchev–Trinajstić information content (AvgIpc) is 2.52. The molecule has 1 aliphatic rings. The van der Waals surface area contributed by atoms with Crippen molar-refractivity contribution in [1.82, 2.24) is 4.98 Å². The summed E-state index contributed by atoms with van der Waals surface area (Å²) in [5.74, 6) is 0.897. The minimum Gasteiger partial charge on any atom is -0.359 e. The maximum Gasteiger partial charge on any atom is 0.182 e. The van der Waals surface area contributed by atoms with E-state index in [-0.39, 0.29) is 0 Å². The SMILES string of the molecule is CCC(Nc1nccs1)C1CCC1. The lowest BCUT2D eigenvalue weighted by Crippen LogP contribution is -2.32. The van der Waals surface area contributed by atoms with Crippen molar-refractivity contribution in [1.29, 1.82) is 0 Å². The molecule has 2 rings (SSSR count). The van der Waals surface area contributed by atoms with E-state index in [9.17, 15) is 0 Å². The van der Waals surface area contributed by atoms with Crippen molar-refractivity contribution >= 4 is 16.5 Å². The molecule has 0 saturated heterocycles. The lowest BCUT2D eigenvalue weighted by atomic mass is 9.79. The number of hydrogen-bond acceptors (Lipinski definition) is 3. The molecule has 0 amide bonds. The molecular weight excluding hydrogens is 180 g/mol. The van der Waals surface area contributed by atoms with E-state index in [2.05, 4.69) is 17.2 Å². The second kappa shape index (κ2) is 4.09. The van der Waals surface area contributed by atoms with Gasteiger partial charge in [-0.05, 0) is 25.2 Å². The van der Waals surface area contributed by atoms with E-state index < -0.39 is 0 Å². The van der Waals surface area contributed by atoms with Gasteiger partial charge in [0.15, 0.2) is 5.13 Å². The zero-order valence-corrected chi connectivity index (χ0v) is 8.81. The molecule has 1 fully saturated rings. The number of thiazole rings is 1. The number of anilines is 1. The third-order valence-corrected chi connectivity index (χ3v) is 3.60. The van der Waals surface area contributed by atoms with E-state index in [1.165, 1.54) is 25.7 Å². The van der Waals surface area contributed by atoms with Crippen molar-refractivity contribution in [3.8, 4) is 0 Å². The van der Waals surface area contributed by atoms with E-state index in [1.54, 1.807) is 11.3 Å². The molecule has 2 nitrogen and oxygen atoms in total. The van der Waals surface area contributed by atoms with Gasteiger partial charge in [-0.3, -0.25) is 0 Å². The van der Waals surface area contributed by atoms with Crippen molar-refractivity contribution in [3.05, 3.63) is 11.6 Å². The molecule has 0 aromatic carbocycles. The highest BCUT2D eigenvalue weighted by molar-refractivity contribution is 7.13. The Balaban J connectivity index is 1.90. The summed E-state index contributed by atoms with van der Waals surface area (Å²) in [5, 5.41) is 6.62. The molecule has 0 spiro atoms. The summed E-state index contributed by atoms with van der Waals surface area (Å²) in [5.41, 5.74) is 0. The molecule has 1 aromatic heterocycles. The largest absolute Gasteiger partial charge is 0.359 e. The van der Waals surface area contributed by atoms with Gasteiger partial charge in [0.05, 0.1) is 0 Å². The normalized spacial score (nSPS) is 19.5. The van der Waals surface area contributed by atoms with Crippen LogP contribution in [0.5, 0.6) is 0 Å². The van der Waals surface area contributed by atoms with Gasteiger partial charge in [-0.15, -0.1) is 11.3 Å². The van der Waals surface area contributed by atoms with E-state index in [1.807, 2.05) is 11.6 Å². The van der Waals surface area contributed by atoms with E-state index >= 15 is 0 Å². The Kier molecular flexibility index (Phi) is 2.83. The smallest absolute Gasteiger partial charge is 0.182 e. The first-order valence-electron chi connectivity index (χ1n) is 5.06. The Morgan fingerprint density at radius 1 is 1.69 bits per heavy atom. The number of nitrogens with one attached hydrogen (secondary N) is 1. The van der Waals surface area contributed by atoms with E-state index in [0.717, 1.165) is 11.0 Å². The van der Waals surface area contributed by atoms with Crippen LogP contribution in [-0.2, 0) is 0 Å². The number of hydrogen-bond donors (Lipinski definition) is 1. The number of rotatable bonds is 4. The molecule has 0 aliphatic heterocycles. The molecule has 0 bridgehead atoms. The van der Waals surface area contributed by atoms with Crippen LogP contribution in [0.2, 0.25) is 0 Å². The van der Waals surface area contributed by atoms with Crippen LogP contribution < -0.4 is 5.32 Å². The Bertz CT molecular complexity index is 241. The molecule has 1 N–H and O–H groups in total. The van der Waals surface area contributed by atoms with Gasteiger partial charge >= 0.3 is 0 Å². The van der Waals surface area contributed by atoms with Crippen LogP contribution in [0.25, 0.3) is 0 Å². The van der Waals surface area contributed by atoms with E-state index in [0.29, 0.717) is 6.04 Å². The van der Waals surface area contributed by atoms with Crippen LogP contribution in [0, 0.1) is 5.92 Å². The van der Waals surface area contributed by atoms with Gasteiger partial charge in [0.1, 0.15) is 0 Å². The van der Waals surface area contributed by atoms with Gasteiger partial charge in [-0.25, -0.2) is 4.98 Å². The quantitative estimate of drug-likeness (QED) is 0.800. The third-order valence-electron chi connectivity index (χ3n) is 2.90. The van der Waals surface area contributed by atoms with Crippen molar-refractivity contribution in [2.24, 2.45) is 5.92 Å². The monoisotopic (exact) mass is 196 g/mol. The predicted molar refractivity (Wildman–Crippen MR) is 57.2 cm³/mol. The van der Waals surface area contributed by atoms with Gasteiger partial charge in [0.2, 0.25) is 0 Å². The number of nitrogens with zero attached hydrogens (tertiary/aromatic N) is 1. The third kappa shape index (κ3) is 2.02. The first-order chi connectivity index (χ1) is 6.40. The summed E-state index contributed by atoms with van der Waals surface area (Å²) in [7, 11) is 0.